The maximum atomic E-state index is 3.69. The first-order valence-electron chi connectivity index (χ1n) is 5.47. The second kappa shape index (κ2) is 5.00. The maximum absolute atomic E-state index is 3.69. The smallest absolute Gasteiger partial charge is 0.0144 e. The van der Waals surface area contributed by atoms with Crippen molar-refractivity contribution < 1.29 is 0 Å². The SMILES string of the molecule is C=C=C(C)CC(C)c1cc(C)ccc1C. The average molecular weight is 200 g/mol. The van der Waals surface area contributed by atoms with E-state index in [9.17, 15) is 0 Å². The molecule has 0 saturated heterocycles. The first kappa shape index (κ1) is 11.8. The Bertz CT molecular complexity index is 392. The highest BCUT2D eigenvalue weighted by Crippen LogP contribution is 2.26. The minimum atomic E-state index is 0.555. The molecule has 0 aliphatic heterocycles. The summed E-state index contributed by atoms with van der Waals surface area (Å²) in [5, 5.41) is 0. The molecule has 0 heteroatoms. The van der Waals surface area contributed by atoms with Crippen LogP contribution in [0.15, 0.2) is 36.1 Å². The van der Waals surface area contributed by atoms with Crippen LogP contribution < -0.4 is 0 Å². The first-order valence-corrected chi connectivity index (χ1v) is 5.47. The standard InChI is InChI=1S/C15H20/c1-6-11(2)9-14(5)15-10-12(3)7-8-13(15)4/h7-8,10,14H,1,9H2,2-5H3. The summed E-state index contributed by atoms with van der Waals surface area (Å²) in [5.41, 5.74) is 8.37. The number of aryl methyl sites for hydroxylation is 2. The molecule has 0 bridgehead atoms. The molecule has 1 aromatic rings. The number of benzene rings is 1. The third kappa shape index (κ3) is 3.11. The van der Waals surface area contributed by atoms with Gasteiger partial charge < -0.3 is 0 Å². The van der Waals surface area contributed by atoms with Crippen molar-refractivity contribution in [3.8, 4) is 0 Å². The van der Waals surface area contributed by atoms with E-state index in [0.717, 1.165) is 6.42 Å². The van der Waals surface area contributed by atoms with Crippen LogP contribution in [0.4, 0.5) is 0 Å². The van der Waals surface area contributed by atoms with Crippen molar-refractivity contribution in [1.29, 1.82) is 0 Å². The van der Waals surface area contributed by atoms with Crippen molar-refractivity contribution in [3.05, 3.63) is 52.8 Å². The normalized spacial score (nSPS) is 12.0. The zero-order chi connectivity index (χ0) is 11.4. The van der Waals surface area contributed by atoms with Gasteiger partial charge in [0, 0.05) is 0 Å². The lowest BCUT2D eigenvalue weighted by Crippen LogP contribution is -1.97. The number of rotatable bonds is 3. The molecule has 0 nitrogen and oxygen atoms in total. The van der Waals surface area contributed by atoms with Gasteiger partial charge in [-0.15, -0.1) is 5.73 Å². The molecule has 0 spiro atoms. The molecule has 0 radical (unpaired) electrons. The fourth-order valence-corrected chi connectivity index (χ4v) is 1.93. The Balaban J connectivity index is 2.95. The molecule has 15 heavy (non-hydrogen) atoms. The molecule has 0 fully saturated rings. The lowest BCUT2D eigenvalue weighted by molar-refractivity contribution is 0.746. The Kier molecular flexibility index (Phi) is 3.94. The van der Waals surface area contributed by atoms with Gasteiger partial charge in [0.1, 0.15) is 0 Å². The van der Waals surface area contributed by atoms with Gasteiger partial charge in [-0.05, 0) is 49.8 Å². The molecule has 0 aliphatic rings. The van der Waals surface area contributed by atoms with Crippen molar-refractivity contribution in [1.82, 2.24) is 0 Å². The highest BCUT2D eigenvalue weighted by atomic mass is 14.1. The van der Waals surface area contributed by atoms with Gasteiger partial charge in [0.15, 0.2) is 0 Å². The van der Waals surface area contributed by atoms with Crippen LogP contribution in [0, 0.1) is 13.8 Å². The van der Waals surface area contributed by atoms with E-state index in [1.54, 1.807) is 0 Å². The predicted octanol–water partition coefficient (Wildman–Crippen LogP) is 4.53. The summed E-state index contributed by atoms with van der Waals surface area (Å²) in [4.78, 5) is 0. The zero-order valence-electron chi connectivity index (χ0n) is 10.2. The lowest BCUT2D eigenvalue weighted by Gasteiger charge is -2.15. The molecule has 0 N–H and O–H groups in total. The summed E-state index contributed by atoms with van der Waals surface area (Å²) in [6, 6.07) is 6.66. The van der Waals surface area contributed by atoms with Crippen molar-refractivity contribution >= 4 is 0 Å². The van der Waals surface area contributed by atoms with Gasteiger partial charge >= 0.3 is 0 Å². The Morgan fingerprint density at radius 1 is 1.40 bits per heavy atom. The number of allylic oxidation sites excluding steroid dienone is 1. The quantitative estimate of drug-likeness (QED) is 0.629. The fourth-order valence-electron chi connectivity index (χ4n) is 1.93. The van der Waals surface area contributed by atoms with E-state index in [1.807, 2.05) is 0 Å². The van der Waals surface area contributed by atoms with E-state index in [2.05, 4.69) is 58.2 Å². The van der Waals surface area contributed by atoms with Crippen LogP contribution in [-0.4, -0.2) is 0 Å². The topological polar surface area (TPSA) is 0 Å². The van der Waals surface area contributed by atoms with E-state index >= 15 is 0 Å². The summed E-state index contributed by atoms with van der Waals surface area (Å²) < 4.78 is 0. The van der Waals surface area contributed by atoms with E-state index < -0.39 is 0 Å². The van der Waals surface area contributed by atoms with Gasteiger partial charge in [-0.2, -0.15) is 0 Å². The minimum absolute atomic E-state index is 0.555. The van der Waals surface area contributed by atoms with Gasteiger partial charge in [-0.1, -0.05) is 37.3 Å². The molecule has 0 aliphatic carbocycles. The average Bonchev–Trinajstić information content (AvgIpc) is 2.21. The molecule has 80 valence electrons. The number of hydrogen-bond donors (Lipinski definition) is 0. The zero-order valence-corrected chi connectivity index (χ0v) is 10.2. The van der Waals surface area contributed by atoms with Crippen molar-refractivity contribution in [3.63, 3.8) is 0 Å². The van der Waals surface area contributed by atoms with Gasteiger partial charge in [0.25, 0.3) is 0 Å². The molecule has 0 saturated carbocycles. The second-order valence-electron chi connectivity index (χ2n) is 4.42. The maximum Gasteiger partial charge on any atom is -0.0144 e. The Labute approximate surface area is 93.3 Å². The van der Waals surface area contributed by atoms with E-state index in [4.69, 9.17) is 0 Å². The van der Waals surface area contributed by atoms with Crippen LogP contribution >= 0.6 is 0 Å². The molecular weight excluding hydrogens is 180 g/mol. The Morgan fingerprint density at radius 3 is 2.67 bits per heavy atom. The van der Waals surface area contributed by atoms with E-state index in [0.29, 0.717) is 5.92 Å². The van der Waals surface area contributed by atoms with Gasteiger partial charge in [0.2, 0.25) is 0 Å². The van der Waals surface area contributed by atoms with Crippen molar-refractivity contribution in [2.24, 2.45) is 0 Å². The van der Waals surface area contributed by atoms with Gasteiger partial charge in [0.05, 0.1) is 0 Å². The Hall–Kier alpha value is -1.26. The molecule has 0 amide bonds. The van der Waals surface area contributed by atoms with Gasteiger partial charge in [-0.25, -0.2) is 0 Å². The summed E-state index contributed by atoms with van der Waals surface area (Å²) in [6.07, 6.45) is 1.05. The van der Waals surface area contributed by atoms with Crippen LogP contribution in [-0.2, 0) is 0 Å². The van der Waals surface area contributed by atoms with E-state index in [1.165, 1.54) is 22.3 Å². The molecule has 0 aromatic heterocycles. The van der Waals surface area contributed by atoms with Crippen molar-refractivity contribution in [2.45, 2.75) is 40.0 Å². The van der Waals surface area contributed by atoms with Crippen LogP contribution in [0.3, 0.4) is 0 Å². The van der Waals surface area contributed by atoms with Crippen LogP contribution in [0.25, 0.3) is 0 Å². The second-order valence-corrected chi connectivity index (χ2v) is 4.42. The van der Waals surface area contributed by atoms with E-state index in [-0.39, 0.29) is 0 Å². The third-order valence-electron chi connectivity index (χ3n) is 2.88. The fraction of sp³-hybridized carbons (Fsp3) is 0.400. The van der Waals surface area contributed by atoms with Crippen LogP contribution in [0.2, 0.25) is 0 Å². The largest absolute Gasteiger partial charge is 0.130 e. The molecule has 1 aromatic carbocycles. The first-order chi connectivity index (χ1) is 7.04. The summed E-state index contributed by atoms with van der Waals surface area (Å²) >= 11 is 0. The monoisotopic (exact) mass is 200 g/mol. The highest BCUT2D eigenvalue weighted by Gasteiger charge is 2.08. The Morgan fingerprint density at radius 2 is 2.07 bits per heavy atom. The lowest BCUT2D eigenvalue weighted by atomic mass is 9.90. The summed E-state index contributed by atoms with van der Waals surface area (Å²) in [5.74, 6) is 0.555. The molecule has 1 atom stereocenters. The van der Waals surface area contributed by atoms with Gasteiger partial charge in [-0.3, -0.25) is 0 Å². The molecular formula is C15H20. The van der Waals surface area contributed by atoms with Crippen LogP contribution in [0.1, 0.15) is 42.9 Å². The van der Waals surface area contributed by atoms with Crippen LogP contribution in [0.5, 0.6) is 0 Å². The molecule has 1 rings (SSSR count). The van der Waals surface area contributed by atoms with Crippen molar-refractivity contribution in [2.75, 3.05) is 0 Å². The minimum Gasteiger partial charge on any atom is -0.130 e. The molecule has 0 heterocycles. The summed E-state index contributed by atoms with van der Waals surface area (Å²) in [6.45, 7) is 12.4. The summed E-state index contributed by atoms with van der Waals surface area (Å²) in [7, 11) is 0. The number of hydrogen-bond acceptors (Lipinski definition) is 0. The highest BCUT2D eigenvalue weighted by molar-refractivity contribution is 5.33. The molecule has 1 unspecified atom stereocenters. The predicted molar refractivity (Wildman–Crippen MR) is 67.3 cm³/mol. The third-order valence-corrected chi connectivity index (χ3v) is 2.88.